The van der Waals surface area contributed by atoms with Crippen molar-refractivity contribution in [3.05, 3.63) is 29.8 Å². The molecule has 76 valence electrons. The minimum absolute atomic E-state index is 0.0693. The lowest BCUT2D eigenvalue weighted by Gasteiger charge is -2.12. The minimum Gasteiger partial charge on any atom is -0.489 e. The van der Waals surface area contributed by atoms with Gasteiger partial charge in [-0.05, 0) is 25.1 Å². The van der Waals surface area contributed by atoms with Gasteiger partial charge in [-0.25, -0.2) is 8.78 Å². The molecule has 1 heterocycles. The van der Waals surface area contributed by atoms with Gasteiger partial charge in [0, 0.05) is 12.6 Å². The smallest absolute Gasteiger partial charge is 0.162 e. The summed E-state index contributed by atoms with van der Waals surface area (Å²) in [6, 6.07) is 3.59. The second-order valence-electron chi connectivity index (χ2n) is 3.31. The van der Waals surface area contributed by atoms with Crippen LogP contribution in [0.2, 0.25) is 0 Å². The second kappa shape index (κ2) is 3.92. The molecular weight excluding hydrogens is 188 g/mol. The summed E-state index contributed by atoms with van der Waals surface area (Å²) in [6.07, 6.45) is 0.971. The highest BCUT2D eigenvalue weighted by Crippen LogP contribution is 2.18. The molecule has 1 aliphatic rings. The Labute approximate surface area is 80.9 Å². The number of nitrogens with one attached hydrogen (secondary N) is 1. The fraction of sp³-hybridized carbons (Fsp3) is 0.400. The van der Waals surface area contributed by atoms with Gasteiger partial charge >= 0.3 is 0 Å². The topological polar surface area (TPSA) is 21.3 Å². The predicted molar refractivity (Wildman–Crippen MR) is 48.3 cm³/mol. The van der Waals surface area contributed by atoms with Gasteiger partial charge in [-0.15, -0.1) is 0 Å². The Morgan fingerprint density at radius 2 is 2.14 bits per heavy atom. The van der Waals surface area contributed by atoms with Gasteiger partial charge in [-0.1, -0.05) is 0 Å². The summed E-state index contributed by atoms with van der Waals surface area (Å²) in [4.78, 5) is 0. The Bertz CT molecular complexity index is 324. The van der Waals surface area contributed by atoms with E-state index in [2.05, 4.69) is 5.32 Å². The van der Waals surface area contributed by atoms with E-state index in [4.69, 9.17) is 4.74 Å². The maximum atomic E-state index is 12.8. The van der Waals surface area contributed by atoms with Crippen LogP contribution in [0.3, 0.4) is 0 Å². The molecule has 1 aromatic rings. The van der Waals surface area contributed by atoms with E-state index in [-0.39, 0.29) is 6.10 Å². The Morgan fingerprint density at radius 1 is 1.29 bits per heavy atom. The summed E-state index contributed by atoms with van der Waals surface area (Å²) < 4.78 is 30.8. The standard InChI is InChI=1S/C10H11F2NO/c11-9-2-1-7(5-10(9)12)14-8-3-4-13-6-8/h1-2,5,8,13H,3-4,6H2. The van der Waals surface area contributed by atoms with Crippen LogP contribution in [0.4, 0.5) is 8.78 Å². The average molecular weight is 199 g/mol. The van der Waals surface area contributed by atoms with E-state index < -0.39 is 11.6 Å². The lowest BCUT2D eigenvalue weighted by molar-refractivity contribution is 0.221. The zero-order valence-corrected chi connectivity index (χ0v) is 7.59. The van der Waals surface area contributed by atoms with E-state index in [1.54, 1.807) is 0 Å². The third-order valence-corrected chi connectivity index (χ3v) is 2.21. The summed E-state index contributed by atoms with van der Waals surface area (Å²) in [5.74, 6) is -1.33. The molecular formula is C10H11F2NO. The SMILES string of the molecule is Fc1ccc(OC2CCNC2)cc1F. The molecule has 0 spiro atoms. The van der Waals surface area contributed by atoms with Crippen LogP contribution in [0.1, 0.15) is 6.42 Å². The van der Waals surface area contributed by atoms with Crippen molar-refractivity contribution in [1.82, 2.24) is 5.32 Å². The number of halogens is 2. The number of hydrogen-bond donors (Lipinski definition) is 1. The van der Waals surface area contributed by atoms with Crippen molar-refractivity contribution >= 4 is 0 Å². The van der Waals surface area contributed by atoms with Crippen molar-refractivity contribution in [2.75, 3.05) is 13.1 Å². The van der Waals surface area contributed by atoms with Crippen molar-refractivity contribution in [3.63, 3.8) is 0 Å². The number of hydrogen-bond acceptors (Lipinski definition) is 2. The highest BCUT2D eigenvalue weighted by molar-refractivity contribution is 5.24. The van der Waals surface area contributed by atoms with E-state index in [0.717, 1.165) is 31.6 Å². The highest BCUT2D eigenvalue weighted by Gasteiger charge is 2.16. The van der Waals surface area contributed by atoms with Gasteiger partial charge < -0.3 is 10.1 Å². The van der Waals surface area contributed by atoms with E-state index in [9.17, 15) is 8.78 Å². The lowest BCUT2D eigenvalue weighted by Crippen LogP contribution is -2.19. The molecule has 0 aliphatic carbocycles. The fourth-order valence-electron chi connectivity index (χ4n) is 1.47. The molecule has 0 bridgehead atoms. The van der Waals surface area contributed by atoms with E-state index >= 15 is 0 Å². The maximum Gasteiger partial charge on any atom is 0.162 e. The van der Waals surface area contributed by atoms with E-state index in [1.165, 1.54) is 6.07 Å². The van der Waals surface area contributed by atoms with Crippen molar-refractivity contribution in [2.45, 2.75) is 12.5 Å². The number of ether oxygens (including phenoxy) is 1. The molecule has 2 rings (SSSR count). The van der Waals surface area contributed by atoms with Crippen LogP contribution < -0.4 is 10.1 Å². The highest BCUT2D eigenvalue weighted by atomic mass is 19.2. The Kier molecular flexibility index (Phi) is 2.63. The molecule has 0 saturated carbocycles. The van der Waals surface area contributed by atoms with E-state index in [0.29, 0.717) is 5.75 Å². The van der Waals surface area contributed by atoms with Gasteiger partial charge in [0.25, 0.3) is 0 Å². The zero-order valence-electron chi connectivity index (χ0n) is 7.59. The largest absolute Gasteiger partial charge is 0.489 e. The maximum absolute atomic E-state index is 12.8. The quantitative estimate of drug-likeness (QED) is 0.782. The van der Waals surface area contributed by atoms with Gasteiger partial charge in [0.15, 0.2) is 11.6 Å². The average Bonchev–Trinajstić information content (AvgIpc) is 2.64. The van der Waals surface area contributed by atoms with Crippen LogP contribution in [0, 0.1) is 11.6 Å². The monoisotopic (exact) mass is 199 g/mol. The molecule has 4 heteroatoms. The molecule has 1 atom stereocenters. The minimum atomic E-state index is -0.867. The zero-order chi connectivity index (χ0) is 9.97. The van der Waals surface area contributed by atoms with Gasteiger partial charge in [0.2, 0.25) is 0 Å². The summed E-state index contributed by atoms with van der Waals surface area (Å²) in [6.45, 7) is 1.67. The summed E-state index contributed by atoms with van der Waals surface area (Å²) in [5, 5.41) is 3.13. The molecule has 0 radical (unpaired) electrons. The van der Waals surface area contributed by atoms with Crippen LogP contribution in [-0.4, -0.2) is 19.2 Å². The van der Waals surface area contributed by atoms with E-state index in [1.807, 2.05) is 0 Å². The third kappa shape index (κ3) is 2.01. The van der Waals surface area contributed by atoms with Crippen molar-refractivity contribution in [3.8, 4) is 5.75 Å². The van der Waals surface area contributed by atoms with Gasteiger partial charge in [0.1, 0.15) is 11.9 Å². The molecule has 2 nitrogen and oxygen atoms in total. The van der Waals surface area contributed by atoms with Gasteiger partial charge in [0.05, 0.1) is 0 Å². The Hall–Kier alpha value is -1.16. The Morgan fingerprint density at radius 3 is 2.79 bits per heavy atom. The molecule has 1 aromatic carbocycles. The normalized spacial score (nSPS) is 21.1. The molecule has 0 amide bonds. The Balaban J connectivity index is 2.05. The fourth-order valence-corrected chi connectivity index (χ4v) is 1.47. The molecule has 14 heavy (non-hydrogen) atoms. The molecule has 0 aromatic heterocycles. The summed E-state index contributed by atoms with van der Waals surface area (Å²) in [5.41, 5.74) is 0. The molecule has 1 unspecified atom stereocenters. The molecule has 1 aliphatic heterocycles. The van der Waals surface area contributed by atoms with Crippen LogP contribution in [0.15, 0.2) is 18.2 Å². The summed E-state index contributed by atoms with van der Waals surface area (Å²) >= 11 is 0. The molecule has 1 saturated heterocycles. The lowest BCUT2D eigenvalue weighted by atomic mass is 10.3. The van der Waals surface area contributed by atoms with Gasteiger partial charge in [-0.2, -0.15) is 0 Å². The molecule has 1 N–H and O–H groups in total. The van der Waals surface area contributed by atoms with Crippen molar-refractivity contribution in [1.29, 1.82) is 0 Å². The van der Waals surface area contributed by atoms with Crippen LogP contribution in [0.5, 0.6) is 5.75 Å². The molecule has 1 fully saturated rings. The third-order valence-electron chi connectivity index (χ3n) is 2.21. The van der Waals surface area contributed by atoms with Crippen molar-refractivity contribution in [2.24, 2.45) is 0 Å². The first-order valence-corrected chi connectivity index (χ1v) is 4.58. The predicted octanol–water partition coefficient (Wildman–Crippen LogP) is 1.71. The van der Waals surface area contributed by atoms with Gasteiger partial charge in [-0.3, -0.25) is 0 Å². The number of benzene rings is 1. The number of rotatable bonds is 2. The van der Waals surface area contributed by atoms with Crippen LogP contribution >= 0.6 is 0 Å². The first-order chi connectivity index (χ1) is 6.75. The first kappa shape index (κ1) is 9.40. The first-order valence-electron chi connectivity index (χ1n) is 4.58. The van der Waals surface area contributed by atoms with Crippen LogP contribution in [0.25, 0.3) is 0 Å². The summed E-state index contributed by atoms with van der Waals surface area (Å²) in [7, 11) is 0. The van der Waals surface area contributed by atoms with Crippen molar-refractivity contribution < 1.29 is 13.5 Å². The van der Waals surface area contributed by atoms with Crippen LogP contribution in [-0.2, 0) is 0 Å². The second-order valence-corrected chi connectivity index (χ2v) is 3.31.